The molecule has 0 saturated carbocycles. The van der Waals surface area contributed by atoms with E-state index in [9.17, 15) is 8.42 Å². The molecule has 0 amide bonds. The van der Waals surface area contributed by atoms with Gasteiger partial charge in [0.25, 0.3) is 0 Å². The number of hydrogen-bond acceptors (Lipinski definition) is 4. The number of guanidine groups is 1. The van der Waals surface area contributed by atoms with Crippen LogP contribution in [0.4, 0.5) is 0 Å². The van der Waals surface area contributed by atoms with Crippen LogP contribution in [-0.2, 0) is 16.6 Å². The molecule has 134 valence electrons. The van der Waals surface area contributed by atoms with E-state index in [0.717, 1.165) is 41.7 Å². The molecule has 6 nitrogen and oxygen atoms in total. The van der Waals surface area contributed by atoms with Gasteiger partial charge in [-0.1, -0.05) is 26.2 Å². The van der Waals surface area contributed by atoms with Crippen molar-refractivity contribution in [2.45, 2.75) is 50.3 Å². The smallest absolute Gasteiger partial charge is 0.247 e. The quantitative estimate of drug-likeness (QED) is 0.222. The van der Waals surface area contributed by atoms with Gasteiger partial charge in [0, 0.05) is 18.0 Å². The Bertz CT molecular complexity index is 573. The maximum atomic E-state index is 11.2. The number of nitrogens with one attached hydrogen (secondary N) is 2. The molecule has 1 rings (SSSR count). The molecule has 9 heteroatoms. The first kappa shape index (κ1) is 22.6. The summed E-state index contributed by atoms with van der Waals surface area (Å²) >= 11 is 1.16. The van der Waals surface area contributed by atoms with Crippen LogP contribution in [0.5, 0.6) is 0 Å². The maximum Gasteiger partial charge on any atom is 0.247 e. The molecule has 0 spiro atoms. The first-order valence-corrected chi connectivity index (χ1v) is 9.97. The lowest BCUT2D eigenvalue weighted by atomic mass is 10.2. The van der Waals surface area contributed by atoms with Gasteiger partial charge in [0.2, 0.25) is 10.0 Å². The minimum atomic E-state index is -3.62. The predicted octanol–water partition coefficient (Wildman–Crippen LogP) is 2.65. The predicted molar refractivity (Wildman–Crippen MR) is 108 cm³/mol. The van der Waals surface area contributed by atoms with E-state index in [-0.39, 0.29) is 28.2 Å². The molecule has 0 aliphatic heterocycles. The van der Waals surface area contributed by atoms with Gasteiger partial charge in [0.1, 0.15) is 4.21 Å². The van der Waals surface area contributed by atoms with Gasteiger partial charge in [-0.3, -0.25) is 0 Å². The molecule has 1 aromatic rings. The van der Waals surface area contributed by atoms with Crippen LogP contribution < -0.4 is 15.8 Å². The van der Waals surface area contributed by atoms with Gasteiger partial charge >= 0.3 is 0 Å². The molecule has 0 aliphatic carbocycles. The van der Waals surface area contributed by atoms with Crippen molar-refractivity contribution in [1.29, 1.82) is 0 Å². The lowest BCUT2D eigenvalue weighted by Crippen LogP contribution is -2.37. The Morgan fingerprint density at radius 2 is 1.96 bits per heavy atom. The second-order valence-electron chi connectivity index (χ2n) is 4.95. The van der Waals surface area contributed by atoms with Gasteiger partial charge in [-0.2, -0.15) is 0 Å². The summed E-state index contributed by atoms with van der Waals surface area (Å²) in [6, 6.07) is 3.27. The summed E-state index contributed by atoms with van der Waals surface area (Å²) in [5, 5.41) is 11.6. The third-order valence-electron chi connectivity index (χ3n) is 2.98. The van der Waals surface area contributed by atoms with Crippen molar-refractivity contribution in [2.24, 2.45) is 10.1 Å². The number of nitrogens with two attached hydrogens (primary N) is 1. The van der Waals surface area contributed by atoms with Gasteiger partial charge in [0.15, 0.2) is 5.96 Å². The fraction of sp³-hybridized carbons (Fsp3) is 0.643. The van der Waals surface area contributed by atoms with Crippen molar-refractivity contribution in [3.8, 4) is 0 Å². The summed E-state index contributed by atoms with van der Waals surface area (Å²) in [4.78, 5) is 5.33. The molecule has 0 radical (unpaired) electrons. The van der Waals surface area contributed by atoms with Crippen LogP contribution >= 0.6 is 35.3 Å². The van der Waals surface area contributed by atoms with Crippen molar-refractivity contribution in [3.05, 3.63) is 17.0 Å². The Hall–Kier alpha value is -0.390. The fourth-order valence-electron chi connectivity index (χ4n) is 1.85. The Morgan fingerprint density at radius 3 is 2.52 bits per heavy atom. The minimum Gasteiger partial charge on any atom is -0.357 e. The van der Waals surface area contributed by atoms with E-state index in [2.05, 4.69) is 22.5 Å². The summed E-state index contributed by atoms with van der Waals surface area (Å²) in [7, 11) is -3.62. The Balaban J connectivity index is 0.00000484. The topological polar surface area (TPSA) is 96.6 Å². The average molecular weight is 474 g/mol. The highest BCUT2D eigenvalue weighted by Crippen LogP contribution is 2.20. The molecule has 0 fully saturated rings. The summed E-state index contributed by atoms with van der Waals surface area (Å²) in [6.07, 6.45) is 4.80. The number of thiophene rings is 1. The first-order chi connectivity index (χ1) is 10.5. The Kier molecular flexibility index (Phi) is 11.8. The molecule has 0 saturated heterocycles. The van der Waals surface area contributed by atoms with Crippen LogP contribution in [-0.4, -0.2) is 27.5 Å². The van der Waals surface area contributed by atoms with E-state index in [1.807, 2.05) is 6.92 Å². The van der Waals surface area contributed by atoms with Crippen LogP contribution in [0.2, 0.25) is 0 Å². The van der Waals surface area contributed by atoms with E-state index in [4.69, 9.17) is 5.14 Å². The van der Waals surface area contributed by atoms with E-state index in [1.165, 1.54) is 25.3 Å². The van der Waals surface area contributed by atoms with Crippen LogP contribution in [0, 0.1) is 0 Å². The van der Waals surface area contributed by atoms with Crippen molar-refractivity contribution < 1.29 is 8.42 Å². The molecule has 0 bridgehead atoms. The van der Waals surface area contributed by atoms with E-state index in [1.54, 1.807) is 6.07 Å². The second-order valence-corrected chi connectivity index (χ2v) is 7.90. The highest BCUT2D eigenvalue weighted by atomic mass is 127. The van der Waals surface area contributed by atoms with Crippen molar-refractivity contribution in [3.63, 3.8) is 0 Å². The third-order valence-corrected chi connectivity index (χ3v) is 5.49. The lowest BCUT2D eigenvalue weighted by molar-refractivity contribution is 0.600. The zero-order valence-electron chi connectivity index (χ0n) is 13.7. The number of halogens is 1. The van der Waals surface area contributed by atoms with Crippen LogP contribution in [0.15, 0.2) is 21.3 Å². The Labute approximate surface area is 160 Å². The number of nitrogens with zero attached hydrogens (tertiary/aromatic N) is 1. The fourth-order valence-corrected chi connectivity index (χ4v) is 3.56. The second kappa shape index (κ2) is 12.0. The summed E-state index contributed by atoms with van der Waals surface area (Å²) in [5.74, 6) is 0.754. The minimum absolute atomic E-state index is 0. The zero-order valence-corrected chi connectivity index (χ0v) is 17.6. The van der Waals surface area contributed by atoms with Gasteiger partial charge in [0.05, 0.1) is 6.54 Å². The summed E-state index contributed by atoms with van der Waals surface area (Å²) < 4.78 is 22.7. The molecule has 4 N–H and O–H groups in total. The molecule has 1 heterocycles. The van der Waals surface area contributed by atoms with Gasteiger partial charge < -0.3 is 10.6 Å². The van der Waals surface area contributed by atoms with Crippen molar-refractivity contribution >= 4 is 51.3 Å². The van der Waals surface area contributed by atoms with Gasteiger partial charge in [-0.25, -0.2) is 18.5 Å². The normalized spacial score (nSPS) is 11.9. The average Bonchev–Trinajstić information content (AvgIpc) is 2.93. The standard InChI is InChI=1S/C14H26N4O2S2.HI/c1-3-5-6-7-10-17-14(16-4-2)18-11-12-8-9-13(21-12)22(15,19)20;/h8-9H,3-7,10-11H2,1-2H3,(H2,15,19,20)(H2,16,17,18);1H. The third kappa shape index (κ3) is 9.48. The molecule has 0 atom stereocenters. The van der Waals surface area contributed by atoms with E-state index >= 15 is 0 Å². The number of unbranched alkanes of at least 4 members (excludes halogenated alkanes) is 3. The molecule has 1 aromatic heterocycles. The molecule has 0 unspecified atom stereocenters. The first-order valence-electron chi connectivity index (χ1n) is 7.61. The van der Waals surface area contributed by atoms with Crippen LogP contribution in [0.25, 0.3) is 0 Å². The van der Waals surface area contributed by atoms with E-state index in [0.29, 0.717) is 6.54 Å². The monoisotopic (exact) mass is 474 g/mol. The summed E-state index contributed by atoms with van der Waals surface area (Å²) in [5.41, 5.74) is 0. The highest BCUT2D eigenvalue weighted by Gasteiger charge is 2.10. The number of hydrogen-bond donors (Lipinski definition) is 3. The molecular weight excluding hydrogens is 447 g/mol. The van der Waals surface area contributed by atoms with Gasteiger partial charge in [-0.05, 0) is 25.5 Å². The largest absolute Gasteiger partial charge is 0.357 e. The van der Waals surface area contributed by atoms with Crippen molar-refractivity contribution in [1.82, 2.24) is 10.6 Å². The maximum absolute atomic E-state index is 11.2. The lowest BCUT2D eigenvalue weighted by Gasteiger charge is -2.10. The number of sulfonamides is 1. The van der Waals surface area contributed by atoms with Crippen LogP contribution in [0.1, 0.15) is 44.4 Å². The SMILES string of the molecule is CCCCCCNC(=NCc1ccc(S(N)(=O)=O)s1)NCC.I. The summed E-state index contributed by atoms with van der Waals surface area (Å²) in [6.45, 7) is 6.31. The molecule has 0 aliphatic rings. The van der Waals surface area contributed by atoms with Crippen LogP contribution in [0.3, 0.4) is 0 Å². The molecule has 23 heavy (non-hydrogen) atoms. The Morgan fingerprint density at radius 1 is 1.22 bits per heavy atom. The molecule has 0 aromatic carbocycles. The molecular formula is C14H27IN4O2S2. The number of rotatable bonds is 9. The van der Waals surface area contributed by atoms with Crippen molar-refractivity contribution in [2.75, 3.05) is 13.1 Å². The zero-order chi connectivity index (χ0) is 16.4. The highest BCUT2D eigenvalue weighted by molar-refractivity contribution is 14.0. The number of primary sulfonamides is 1. The number of aliphatic imine (C=N–C) groups is 1. The van der Waals surface area contributed by atoms with Gasteiger partial charge in [-0.15, -0.1) is 35.3 Å². The van der Waals surface area contributed by atoms with E-state index < -0.39 is 10.0 Å².